The highest BCUT2D eigenvalue weighted by Gasteiger charge is 2.32. The molecule has 4 rings (SSSR count). The van der Waals surface area contributed by atoms with Crippen molar-refractivity contribution < 1.29 is 14.4 Å². The molecule has 2 aliphatic carbocycles. The van der Waals surface area contributed by atoms with E-state index in [1.54, 1.807) is 12.1 Å². The summed E-state index contributed by atoms with van der Waals surface area (Å²) in [6.45, 7) is 6.33. The molecular weight excluding hydrogens is 426 g/mol. The van der Waals surface area contributed by atoms with Crippen LogP contribution >= 0.6 is 0 Å². The van der Waals surface area contributed by atoms with Gasteiger partial charge >= 0.3 is 0 Å². The molecule has 1 aromatic carbocycles. The van der Waals surface area contributed by atoms with Crippen molar-refractivity contribution in [3.63, 3.8) is 0 Å². The van der Waals surface area contributed by atoms with E-state index >= 15 is 0 Å². The molecule has 1 atom stereocenters. The van der Waals surface area contributed by atoms with Gasteiger partial charge in [-0.15, -0.1) is 0 Å². The van der Waals surface area contributed by atoms with Gasteiger partial charge < -0.3 is 15.5 Å². The number of Topliss-reactive ketones (excluding diaryl/α,β-unsaturated/α-hetero) is 1. The highest BCUT2D eigenvalue weighted by Crippen LogP contribution is 2.28. The van der Waals surface area contributed by atoms with Crippen LogP contribution in [0, 0.1) is 11.8 Å². The smallest absolute Gasteiger partial charge is 0.251 e. The van der Waals surface area contributed by atoms with Gasteiger partial charge in [-0.1, -0.05) is 51.3 Å². The number of hydrogen-bond acceptors (Lipinski definition) is 4. The van der Waals surface area contributed by atoms with Crippen LogP contribution in [0.2, 0.25) is 0 Å². The van der Waals surface area contributed by atoms with Crippen molar-refractivity contribution in [3.8, 4) is 0 Å². The molecule has 6 heteroatoms. The van der Waals surface area contributed by atoms with Crippen LogP contribution in [0.4, 0.5) is 0 Å². The van der Waals surface area contributed by atoms with E-state index < -0.39 is 0 Å². The monoisotopic (exact) mass is 469 g/mol. The molecule has 3 aliphatic rings. The Hall–Kier alpha value is -2.21. The van der Waals surface area contributed by atoms with Gasteiger partial charge in [-0.05, 0) is 63.0 Å². The second-order valence-corrected chi connectivity index (χ2v) is 10.4. The average molecular weight is 470 g/mol. The lowest BCUT2D eigenvalue weighted by molar-refractivity contribution is -0.131. The molecule has 3 fully saturated rings. The fourth-order valence-electron chi connectivity index (χ4n) is 4.84. The van der Waals surface area contributed by atoms with Crippen LogP contribution in [0.15, 0.2) is 30.3 Å². The third kappa shape index (κ3) is 8.53. The van der Waals surface area contributed by atoms with E-state index in [0.29, 0.717) is 30.0 Å². The fraction of sp³-hybridized carbons (Fsp3) is 0.679. The van der Waals surface area contributed by atoms with Crippen LogP contribution in [0.25, 0.3) is 0 Å². The Balaban J connectivity index is 0.000000212. The van der Waals surface area contributed by atoms with Gasteiger partial charge in [0.2, 0.25) is 5.91 Å². The Morgan fingerprint density at radius 2 is 1.50 bits per heavy atom. The number of piperidine rings is 1. The number of carbonyl (C=O) groups is 3. The van der Waals surface area contributed by atoms with E-state index in [1.165, 1.54) is 38.5 Å². The largest absolute Gasteiger partial charge is 0.342 e. The first-order valence-corrected chi connectivity index (χ1v) is 13.4. The van der Waals surface area contributed by atoms with Crippen molar-refractivity contribution >= 4 is 17.6 Å². The van der Waals surface area contributed by atoms with Gasteiger partial charge in [-0.3, -0.25) is 14.4 Å². The highest BCUT2D eigenvalue weighted by atomic mass is 16.2. The third-order valence-corrected chi connectivity index (χ3v) is 7.15. The Labute approximate surface area is 205 Å². The van der Waals surface area contributed by atoms with Crippen LogP contribution in [0.5, 0.6) is 0 Å². The first-order chi connectivity index (χ1) is 16.5. The predicted molar refractivity (Wildman–Crippen MR) is 136 cm³/mol. The van der Waals surface area contributed by atoms with Crippen LogP contribution < -0.4 is 10.6 Å². The molecule has 0 spiro atoms. The van der Waals surface area contributed by atoms with Gasteiger partial charge in [0.05, 0.1) is 12.6 Å². The first kappa shape index (κ1) is 26.4. The van der Waals surface area contributed by atoms with E-state index in [-0.39, 0.29) is 23.7 Å². The number of rotatable bonds is 8. The van der Waals surface area contributed by atoms with E-state index in [9.17, 15) is 14.4 Å². The first-order valence-electron chi connectivity index (χ1n) is 13.4. The third-order valence-electron chi connectivity index (χ3n) is 7.15. The van der Waals surface area contributed by atoms with Gasteiger partial charge in [-0.25, -0.2) is 0 Å². The zero-order chi connectivity index (χ0) is 24.3. The minimum Gasteiger partial charge on any atom is -0.342 e. The minimum absolute atomic E-state index is 0.0481. The number of likely N-dealkylation sites (tertiary alicyclic amines) is 1. The molecule has 2 N–H and O–H groups in total. The zero-order valence-corrected chi connectivity index (χ0v) is 21.1. The van der Waals surface area contributed by atoms with Crippen LogP contribution in [0.1, 0.15) is 88.4 Å². The maximum absolute atomic E-state index is 12.5. The number of nitrogens with zero attached hydrogens (tertiary/aromatic N) is 1. The lowest BCUT2D eigenvalue weighted by Crippen LogP contribution is -2.48. The molecule has 1 unspecified atom stereocenters. The predicted octanol–water partition coefficient (Wildman–Crippen LogP) is 4.34. The summed E-state index contributed by atoms with van der Waals surface area (Å²) >= 11 is 0. The maximum atomic E-state index is 12.5. The second-order valence-electron chi connectivity index (χ2n) is 10.4. The van der Waals surface area contributed by atoms with Gasteiger partial charge in [0.1, 0.15) is 0 Å². The van der Waals surface area contributed by atoms with E-state index in [1.807, 2.05) is 36.9 Å². The molecule has 1 aliphatic heterocycles. The van der Waals surface area contributed by atoms with Gasteiger partial charge in [0, 0.05) is 30.6 Å². The topological polar surface area (TPSA) is 78.5 Å². The van der Waals surface area contributed by atoms with Crippen molar-refractivity contribution in [3.05, 3.63) is 35.9 Å². The number of amides is 2. The van der Waals surface area contributed by atoms with Crippen molar-refractivity contribution in [2.75, 3.05) is 19.6 Å². The quantitative estimate of drug-likeness (QED) is 0.594. The molecule has 1 aromatic rings. The maximum Gasteiger partial charge on any atom is 0.251 e. The average Bonchev–Trinajstić information content (AvgIpc) is 3.72. The van der Waals surface area contributed by atoms with Crippen LogP contribution in [-0.4, -0.2) is 54.2 Å². The Morgan fingerprint density at radius 3 is 2.09 bits per heavy atom. The van der Waals surface area contributed by atoms with Crippen molar-refractivity contribution in [2.45, 2.75) is 90.1 Å². The summed E-state index contributed by atoms with van der Waals surface area (Å²) in [5.41, 5.74) is 0.620. The number of ketones is 1. The molecule has 188 valence electrons. The molecule has 2 amide bonds. The van der Waals surface area contributed by atoms with Gasteiger partial charge in [0.25, 0.3) is 5.91 Å². The second kappa shape index (κ2) is 13.6. The van der Waals surface area contributed by atoms with Gasteiger partial charge in [0.15, 0.2) is 5.78 Å². The number of carbonyl (C=O) groups excluding carboxylic acids is 3. The van der Waals surface area contributed by atoms with E-state index in [4.69, 9.17) is 0 Å². The lowest BCUT2D eigenvalue weighted by Gasteiger charge is -2.31. The number of hydrogen-bond donors (Lipinski definition) is 2. The van der Waals surface area contributed by atoms with Crippen molar-refractivity contribution in [1.82, 2.24) is 15.5 Å². The number of benzene rings is 1. The summed E-state index contributed by atoms with van der Waals surface area (Å²) in [6.07, 6.45) is 11.8. The number of nitrogens with one attached hydrogen (secondary N) is 2. The highest BCUT2D eigenvalue weighted by molar-refractivity contribution is 5.98. The summed E-state index contributed by atoms with van der Waals surface area (Å²) in [4.78, 5) is 38.4. The zero-order valence-electron chi connectivity index (χ0n) is 21.1. The van der Waals surface area contributed by atoms with E-state index in [0.717, 1.165) is 38.8 Å². The standard InChI is InChI=1S/C18H25NO2.C10H18N2O/c1-13(2)17(20)16(14-9-5-3-6-10-14)19-18(21)15-11-7-4-8-12-15;13-10(8-11-9-4-5-9)12-6-2-1-3-7-12/h4,7-8,11-14,16H,3,5-6,9-10H2,1-2H3,(H,19,21);9,11H,1-8H2. The Kier molecular flexibility index (Phi) is 10.6. The SMILES string of the molecule is CC(C)C(=O)C(NC(=O)c1ccccc1)C1CCCCC1.O=C(CNC1CC1)N1CCCCC1. The van der Waals surface area contributed by atoms with E-state index in [2.05, 4.69) is 10.6 Å². The summed E-state index contributed by atoms with van der Waals surface area (Å²) in [5.74, 6) is 0.562. The molecule has 1 saturated heterocycles. The van der Waals surface area contributed by atoms with Crippen molar-refractivity contribution in [2.24, 2.45) is 11.8 Å². The van der Waals surface area contributed by atoms with Gasteiger partial charge in [-0.2, -0.15) is 0 Å². The molecule has 0 bridgehead atoms. The summed E-state index contributed by atoms with van der Waals surface area (Å²) in [7, 11) is 0. The fourth-order valence-corrected chi connectivity index (χ4v) is 4.84. The Morgan fingerprint density at radius 1 is 0.882 bits per heavy atom. The normalized spacial score (nSPS) is 19.7. The molecule has 0 radical (unpaired) electrons. The molecule has 1 heterocycles. The van der Waals surface area contributed by atoms with Crippen LogP contribution in [0.3, 0.4) is 0 Å². The van der Waals surface area contributed by atoms with Crippen LogP contribution in [-0.2, 0) is 9.59 Å². The summed E-state index contributed by atoms with van der Waals surface area (Å²) in [5, 5.41) is 6.26. The molecule has 0 aromatic heterocycles. The molecule has 2 saturated carbocycles. The summed E-state index contributed by atoms with van der Waals surface area (Å²) < 4.78 is 0. The minimum atomic E-state index is -0.335. The molecule has 34 heavy (non-hydrogen) atoms. The van der Waals surface area contributed by atoms with Crippen molar-refractivity contribution in [1.29, 1.82) is 0 Å². The molecule has 6 nitrogen and oxygen atoms in total. The molecular formula is C28H43N3O3. The lowest BCUT2D eigenvalue weighted by atomic mass is 9.80. The summed E-state index contributed by atoms with van der Waals surface area (Å²) in [6, 6.07) is 9.45. The Bertz CT molecular complexity index is 779.